The van der Waals surface area contributed by atoms with Crippen LogP contribution in [0.25, 0.3) is 10.8 Å². The number of carbonyl (C=O) groups excluding carboxylic acids is 3. The molecule has 1 aromatic heterocycles. The lowest BCUT2D eigenvalue weighted by atomic mass is 9.91. The van der Waals surface area contributed by atoms with Crippen LogP contribution in [0.3, 0.4) is 0 Å². The molecule has 0 aliphatic heterocycles. The Balaban J connectivity index is 1.83. The van der Waals surface area contributed by atoms with Gasteiger partial charge in [-0.25, -0.2) is 10.8 Å². The molecule has 0 radical (unpaired) electrons. The molecular weight excluding hydrogens is 408 g/mol. The maximum absolute atomic E-state index is 13.2. The van der Waals surface area contributed by atoms with Crippen molar-refractivity contribution in [1.82, 2.24) is 26.0 Å². The van der Waals surface area contributed by atoms with E-state index in [0.717, 1.165) is 16.3 Å². The zero-order valence-corrected chi connectivity index (χ0v) is 17.9. The molecule has 32 heavy (non-hydrogen) atoms. The molecule has 3 amide bonds. The molecule has 0 aliphatic carbocycles. The average Bonchev–Trinajstić information content (AvgIpc) is 3.31. The Hall–Kier alpha value is -3.72. The number of amides is 3. The maximum atomic E-state index is 13.2. The van der Waals surface area contributed by atoms with Crippen LogP contribution in [0.2, 0.25) is 0 Å². The van der Waals surface area contributed by atoms with E-state index in [1.807, 2.05) is 49.4 Å². The summed E-state index contributed by atoms with van der Waals surface area (Å²) >= 11 is 0. The first kappa shape index (κ1) is 23.0. The van der Waals surface area contributed by atoms with Crippen LogP contribution in [-0.2, 0) is 27.2 Å². The number of fused-ring (bicyclic) bond motifs is 1. The normalized spacial score (nSPS) is 12.7. The quantitative estimate of drug-likeness (QED) is 0.183. The summed E-state index contributed by atoms with van der Waals surface area (Å²) in [5.41, 5.74) is 3.65. The molecule has 1 unspecified atom stereocenters. The predicted molar refractivity (Wildman–Crippen MR) is 121 cm³/mol. The SMILES string of the molecule is CCNC(=O)CC(Cc1cccc2ccccc12)C(=O)N[C@@H](Cc1c[nH]cn1)C(=O)NN. The number of carbonyl (C=O) groups is 3. The van der Waals surface area contributed by atoms with Crippen LogP contribution in [0.5, 0.6) is 0 Å². The zero-order chi connectivity index (χ0) is 22.9. The van der Waals surface area contributed by atoms with Gasteiger partial charge in [0, 0.05) is 25.6 Å². The molecule has 0 saturated carbocycles. The minimum absolute atomic E-state index is 0.00225. The molecule has 9 nitrogen and oxygen atoms in total. The van der Waals surface area contributed by atoms with Crippen LogP contribution >= 0.6 is 0 Å². The van der Waals surface area contributed by atoms with Crippen LogP contribution in [-0.4, -0.2) is 40.3 Å². The predicted octanol–water partition coefficient (Wildman–Crippen LogP) is 0.965. The lowest BCUT2D eigenvalue weighted by Gasteiger charge is -2.22. The van der Waals surface area contributed by atoms with Crippen molar-refractivity contribution < 1.29 is 14.4 Å². The van der Waals surface area contributed by atoms with Gasteiger partial charge in [-0.1, -0.05) is 42.5 Å². The second kappa shape index (κ2) is 11.1. The van der Waals surface area contributed by atoms with Crippen molar-refractivity contribution in [2.75, 3.05) is 6.54 Å². The monoisotopic (exact) mass is 436 g/mol. The van der Waals surface area contributed by atoms with Crippen molar-refractivity contribution in [3.05, 3.63) is 66.2 Å². The average molecular weight is 437 g/mol. The molecule has 0 aliphatic rings. The van der Waals surface area contributed by atoms with Gasteiger partial charge in [0.1, 0.15) is 6.04 Å². The van der Waals surface area contributed by atoms with Crippen LogP contribution in [0.15, 0.2) is 55.0 Å². The fourth-order valence-corrected chi connectivity index (χ4v) is 3.70. The van der Waals surface area contributed by atoms with Gasteiger partial charge < -0.3 is 15.6 Å². The summed E-state index contributed by atoms with van der Waals surface area (Å²) in [5, 5.41) is 7.58. The Morgan fingerprint density at radius 2 is 1.84 bits per heavy atom. The third kappa shape index (κ3) is 5.92. The lowest BCUT2D eigenvalue weighted by Crippen LogP contribution is -2.52. The highest BCUT2D eigenvalue weighted by Crippen LogP contribution is 2.23. The van der Waals surface area contributed by atoms with Crippen molar-refractivity contribution in [1.29, 1.82) is 0 Å². The van der Waals surface area contributed by atoms with E-state index >= 15 is 0 Å². The highest BCUT2D eigenvalue weighted by atomic mass is 16.2. The molecule has 9 heteroatoms. The Bertz CT molecular complexity index is 1060. The molecule has 168 valence electrons. The van der Waals surface area contributed by atoms with E-state index in [4.69, 9.17) is 5.84 Å². The number of imidazole rings is 1. The van der Waals surface area contributed by atoms with Gasteiger partial charge in [0.25, 0.3) is 5.91 Å². The number of H-pyrrole nitrogens is 1. The van der Waals surface area contributed by atoms with E-state index in [2.05, 4.69) is 26.0 Å². The lowest BCUT2D eigenvalue weighted by molar-refractivity contribution is -0.133. The summed E-state index contributed by atoms with van der Waals surface area (Å²) in [5.74, 6) is 3.49. The van der Waals surface area contributed by atoms with Crippen molar-refractivity contribution in [2.45, 2.75) is 32.2 Å². The smallest absolute Gasteiger partial charge is 0.256 e. The number of hydrogen-bond donors (Lipinski definition) is 5. The van der Waals surface area contributed by atoms with Gasteiger partial charge in [0.15, 0.2) is 0 Å². The highest BCUT2D eigenvalue weighted by Gasteiger charge is 2.28. The third-order valence-electron chi connectivity index (χ3n) is 5.27. The molecule has 0 saturated heterocycles. The Morgan fingerprint density at radius 3 is 2.56 bits per heavy atom. The Morgan fingerprint density at radius 1 is 1.06 bits per heavy atom. The molecule has 0 spiro atoms. The number of aromatic amines is 1. The van der Waals surface area contributed by atoms with Crippen molar-refractivity contribution in [3.8, 4) is 0 Å². The Labute approximate surface area is 186 Å². The van der Waals surface area contributed by atoms with Crippen LogP contribution in [0.4, 0.5) is 0 Å². The van der Waals surface area contributed by atoms with Gasteiger partial charge in [-0.15, -0.1) is 0 Å². The molecule has 0 fully saturated rings. The van der Waals surface area contributed by atoms with Gasteiger partial charge >= 0.3 is 0 Å². The maximum Gasteiger partial charge on any atom is 0.256 e. The van der Waals surface area contributed by atoms with Gasteiger partial charge in [0.05, 0.1) is 17.9 Å². The summed E-state index contributed by atoms with van der Waals surface area (Å²) in [6.45, 7) is 2.29. The minimum atomic E-state index is -0.917. The molecule has 2 aromatic carbocycles. The highest BCUT2D eigenvalue weighted by molar-refractivity contribution is 5.92. The van der Waals surface area contributed by atoms with E-state index in [-0.39, 0.29) is 18.7 Å². The van der Waals surface area contributed by atoms with Crippen molar-refractivity contribution in [3.63, 3.8) is 0 Å². The molecule has 2 atom stereocenters. The minimum Gasteiger partial charge on any atom is -0.356 e. The fraction of sp³-hybridized carbons (Fsp3) is 0.304. The topological polar surface area (TPSA) is 142 Å². The van der Waals surface area contributed by atoms with Gasteiger partial charge in [0.2, 0.25) is 11.8 Å². The first-order valence-corrected chi connectivity index (χ1v) is 10.5. The van der Waals surface area contributed by atoms with Crippen molar-refractivity contribution >= 4 is 28.5 Å². The zero-order valence-electron chi connectivity index (χ0n) is 17.9. The molecule has 3 rings (SSSR count). The van der Waals surface area contributed by atoms with Crippen LogP contribution < -0.4 is 21.9 Å². The van der Waals surface area contributed by atoms with Crippen molar-refractivity contribution in [2.24, 2.45) is 11.8 Å². The van der Waals surface area contributed by atoms with E-state index < -0.39 is 23.8 Å². The number of rotatable bonds is 10. The fourth-order valence-electron chi connectivity index (χ4n) is 3.70. The van der Waals surface area contributed by atoms with E-state index in [0.29, 0.717) is 18.7 Å². The Kier molecular flexibility index (Phi) is 7.93. The molecular formula is C23H28N6O3. The summed E-state index contributed by atoms with van der Waals surface area (Å²) in [4.78, 5) is 44.8. The summed E-state index contributed by atoms with van der Waals surface area (Å²) in [7, 11) is 0. The summed E-state index contributed by atoms with van der Waals surface area (Å²) in [6, 6.07) is 12.9. The number of aromatic nitrogens is 2. The first-order valence-electron chi connectivity index (χ1n) is 10.5. The third-order valence-corrected chi connectivity index (χ3v) is 5.27. The molecule has 1 heterocycles. The second-order valence-electron chi connectivity index (χ2n) is 7.53. The number of hydrogen-bond acceptors (Lipinski definition) is 5. The summed E-state index contributed by atoms with van der Waals surface area (Å²) < 4.78 is 0. The standard InChI is InChI=1S/C23H28N6O3/c1-2-26-21(30)11-17(10-16-8-5-7-15-6-3-4-9-19(15)16)22(31)28-20(23(32)29-24)12-18-13-25-14-27-18/h3-9,13-14,17,20H,2,10-12,24H2,1H3,(H,25,27)(H,26,30)(H,28,31)(H,29,32)/t17?,20-/m0/s1. The molecule has 0 bridgehead atoms. The van der Waals surface area contributed by atoms with E-state index in [9.17, 15) is 14.4 Å². The number of benzene rings is 2. The van der Waals surface area contributed by atoms with Crippen LogP contribution in [0.1, 0.15) is 24.6 Å². The van der Waals surface area contributed by atoms with Gasteiger partial charge in [-0.3, -0.25) is 19.8 Å². The second-order valence-corrected chi connectivity index (χ2v) is 7.53. The number of hydrazine groups is 1. The van der Waals surface area contributed by atoms with E-state index in [1.165, 1.54) is 6.33 Å². The number of nitrogens with one attached hydrogen (secondary N) is 4. The number of nitrogens with zero attached hydrogens (tertiary/aromatic N) is 1. The molecule has 6 N–H and O–H groups in total. The summed E-state index contributed by atoms with van der Waals surface area (Å²) in [6.07, 6.45) is 3.66. The largest absolute Gasteiger partial charge is 0.356 e. The first-order chi connectivity index (χ1) is 15.5. The van der Waals surface area contributed by atoms with Crippen LogP contribution in [0, 0.1) is 5.92 Å². The molecule has 3 aromatic rings. The number of nitrogens with two attached hydrogens (primary N) is 1. The van der Waals surface area contributed by atoms with Gasteiger partial charge in [-0.2, -0.15) is 0 Å². The van der Waals surface area contributed by atoms with Gasteiger partial charge in [-0.05, 0) is 29.7 Å². The van der Waals surface area contributed by atoms with E-state index in [1.54, 1.807) is 6.20 Å².